The van der Waals surface area contributed by atoms with E-state index in [0.717, 1.165) is 11.1 Å². The monoisotopic (exact) mass is 421 g/mol. The van der Waals surface area contributed by atoms with E-state index in [0.29, 0.717) is 17.0 Å². The number of furan rings is 1. The zero-order chi connectivity index (χ0) is 21.8. The summed E-state index contributed by atoms with van der Waals surface area (Å²) in [5.41, 5.74) is 2.61. The Labute approximate surface area is 177 Å². The highest BCUT2D eigenvalue weighted by Crippen LogP contribution is 2.32. The van der Waals surface area contributed by atoms with Crippen LogP contribution in [0.1, 0.15) is 16.9 Å². The van der Waals surface area contributed by atoms with Gasteiger partial charge in [0.25, 0.3) is 11.6 Å². The fraction of sp³-hybridized carbons (Fsp3) is 0.0909. The molecule has 0 aliphatic carbocycles. The van der Waals surface area contributed by atoms with Crippen molar-refractivity contribution in [2.45, 2.75) is 13.8 Å². The van der Waals surface area contributed by atoms with Gasteiger partial charge in [-0.15, -0.1) is 0 Å². The third kappa shape index (κ3) is 4.40. The van der Waals surface area contributed by atoms with Gasteiger partial charge in [0.15, 0.2) is 0 Å². The number of anilines is 1. The van der Waals surface area contributed by atoms with E-state index >= 15 is 0 Å². The number of nitriles is 1. The highest BCUT2D eigenvalue weighted by atomic mass is 35.5. The van der Waals surface area contributed by atoms with Crippen LogP contribution in [0.25, 0.3) is 17.4 Å². The highest BCUT2D eigenvalue weighted by molar-refractivity contribution is 6.33. The van der Waals surface area contributed by atoms with Gasteiger partial charge in [0, 0.05) is 29.5 Å². The summed E-state index contributed by atoms with van der Waals surface area (Å²) in [5, 5.41) is 23.2. The molecule has 0 saturated carbocycles. The van der Waals surface area contributed by atoms with Gasteiger partial charge < -0.3 is 9.73 Å². The van der Waals surface area contributed by atoms with Crippen molar-refractivity contribution in [3.63, 3.8) is 0 Å². The first-order chi connectivity index (χ1) is 14.3. The van der Waals surface area contributed by atoms with Gasteiger partial charge in [0.05, 0.1) is 9.95 Å². The molecule has 2 aromatic carbocycles. The standard InChI is InChI=1S/C22H16ClN3O4/c1-13-4-3-5-14(2)21(13)25-22(27)15(12-24)10-17-7-9-20(30-17)18-8-6-16(26(28)29)11-19(18)23/h3-11H,1-2H3,(H,25,27). The molecule has 0 spiro atoms. The molecule has 0 radical (unpaired) electrons. The minimum absolute atomic E-state index is 0.131. The van der Waals surface area contributed by atoms with Crippen LogP contribution in [0.4, 0.5) is 11.4 Å². The minimum Gasteiger partial charge on any atom is -0.457 e. The number of hydrogen-bond acceptors (Lipinski definition) is 5. The highest BCUT2D eigenvalue weighted by Gasteiger charge is 2.16. The molecule has 1 amide bonds. The van der Waals surface area contributed by atoms with E-state index in [2.05, 4.69) is 5.32 Å². The number of carbonyl (C=O) groups excluding carboxylic acids is 1. The number of hydrogen-bond donors (Lipinski definition) is 1. The number of nitrogens with one attached hydrogen (secondary N) is 1. The number of carbonyl (C=O) groups is 1. The molecule has 0 aliphatic heterocycles. The van der Waals surface area contributed by atoms with E-state index < -0.39 is 10.8 Å². The van der Waals surface area contributed by atoms with Crippen molar-refractivity contribution in [3.8, 4) is 17.4 Å². The van der Waals surface area contributed by atoms with E-state index in [9.17, 15) is 20.2 Å². The van der Waals surface area contributed by atoms with E-state index in [-0.39, 0.29) is 22.0 Å². The molecule has 1 N–H and O–H groups in total. The summed E-state index contributed by atoms with van der Waals surface area (Å²) in [6.45, 7) is 3.73. The molecule has 7 nitrogen and oxygen atoms in total. The van der Waals surface area contributed by atoms with E-state index in [1.807, 2.05) is 38.1 Å². The number of nitrogens with zero attached hydrogens (tertiary/aromatic N) is 2. The second-order valence-electron chi connectivity index (χ2n) is 6.51. The molecule has 30 heavy (non-hydrogen) atoms. The molecular formula is C22H16ClN3O4. The fourth-order valence-electron chi connectivity index (χ4n) is 2.88. The Kier molecular flexibility index (Phi) is 6.00. The molecule has 1 aromatic heterocycles. The number of benzene rings is 2. The lowest BCUT2D eigenvalue weighted by Crippen LogP contribution is -2.15. The summed E-state index contributed by atoms with van der Waals surface area (Å²) in [6.07, 6.45) is 1.33. The maximum absolute atomic E-state index is 12.6. The van der Waals surface area contributed by atoms with Gasteiger partial charge in [-0.2, -0.15) is 5.26 Å². The van der Waals surface area contributed by atoms with Gasteiger partial charge in [0.2, 0.25) is 0 Å². The van der Waals surface area contributed by atoms with Crippen molar-refractivity contribution < 1.29 is 14.1 Å². The number of rotatable bonds is 5. The topological polar surface area (TPSA) is 109 Å². The van der Waals surface area contributed by atoms with Gasteiger partial charge in [-0.05, 0) is 43.2 Å². The molecule has 3 rings (SSSR count). The Morgan fingerprint density at radius 3 is 2.50 bits per heavy atom. The van der Waals surface area contributed by atoms with Gasteiger partial charge in [-0.1, -0.05) is 29.8 Å². The van der Waals surface area contributed by atoms with E-state index in [4.69, 9.17) is 16.0 Å². The van der Waals surface area contributed by atoms with Crippen LogP contribution in [0.2, 0.25) is 5.02 Å². The molecule has 150 valence electrons. The van der Waals surface area contributed by atoms with Crippen LogP contribution < -0.4 is 5.32 Å². The zero-order valence-electron chi connectivity index (χ0n) is 16.1. The van der Waals surface area contributed by atoms with Crippen LogP contribution in [0.15, 0.2) is 58.5 Å². The molecular weight excluding hydrogens is 406 g/mol. The smallest absolute Gasteiger partial charge is 0.270 e. The number of para-hydroxylation sites is 1. The minimum atomic E-state index is -0.554. The lowest BCUT2D eigenvalue weighted by molar-refractivity contribution is -0.384. The van der Waals surface area contributed by atoms with Crippen LogP contribution in [0.5, 0.6) is 0 Å². The molecule has 0 aliphatic rings. The Bertz CT molecular complexity index is 1200. The maximum atomic E-state index is 12.6. The first kappa shape index (κ1) is 20.8. The van der Waals surface area contributed by atoms with Gasteiger partial charge in [0.1, 0.15) is 23.2 Å². The third-order valence-corrected chi connectivity index (χ3v) is 4.74. The lowest BCUT2D eigenvalue weighted by atomic mass is 10.1. The van der Waals surface area contributed by atoms with Crippen LogP contribution in [0, 0.1) is 35.3 Å². The summed E-state index contributed by atoms with van der Waals surface area (Å²) in [4.78, 5) is 22.9. The van der Waals surface area contributed by atoms with Crippen molar-refractivity contribution in [3.05, 3.63) is 86.1 Å². The molecule has 3 aromatic rings. The first-order valence-corrected chi connectivity index (χ1v) is 9.21. The zero-order valence-corrected chi connectivity index (χ0v) is 16.9. The number of amides is 1. The van der Waals surface area contributed by atoms with E-state index in [1.165, 1.54) is 24.3 Å². The van der Waals surface area contributed by atoms with Crippen LogP contribution in [-0.4, -0.2) is 10.8 Å². The number of aryl methyl sites for hydroxylation is 2. The Morgan fingerprint density at radius 1 is 1.20 bits per heavy atom. The maximum Gasteiger partial charge on any atom is 0.270 e. The summed E-state index contributed by atoms with van der Waals surface area (Å²) in [6, 6.07) is 14.7. The van der Waals surface area contributed by atoms with Crippen molar-refractivity contribution in [2.24, 2.45) is 0 Å². The quantitative estimate of drug-likeness (QED) is 0.247. The second kappa shape index (κ2) is 8.64. The predicted octanol–water partition coefficient (Wildman–Crippen LogP) is 5.67. The SMILES string of the molecule is Cc1cccc(C)c1NC(=O)C(C#N)=Cc1ccc(-c2ccc([N+](=O)[O-])cc2Cl)o1. The van der Waals surface area contributed by atoms with Crippen LogP contribution in [0.3, 0.4) is 0 Å². The summed E-state index contributed by atoms with van der Waals surface area (Å²) >= 11 is 6.12. The molecule has 0 unspecified atom stereocenters. The largest absolute Gasteiger partial charge is 0.457 e. The molecule has 0 atom stereocenters. The van der Waals surface area contributed by atoms with Gasteiger partial charge in [-0.3, -0.25) is 14.9 Å². The number of nitro benzene ring substituents is 1. The Balaban J connectivity index is 1.86. The Hall–Kier alpha value is -3.89. The molecule has 0 saturated heterocycles. The van der Waals surface area contributed by atoms with E-state index in [1.54, 1.807) is 12.1 Å². The number of halogens is 1. The summed E-state index contributed by atoms with van der Waals surface area (Å²) in [7, 11) is 0. The molecule has 8 heteroatoms. The second-order valence-corrected chi connectivity index (χ2v) is 6.92. The number of non-ortho nitro benzene ring substituents is 1. The van der Waals surface area contributed by atoms with Crippen molar-refractivity contribution in [2.75, 3.05) is 5.32 Å². The Morgan fingerprint density at radius 2 is 1.90 bits per heavy atom. The normalized spacial score (nSPS) is 11.1. The third-order valence-electron chi connectivity index (χ3n) is 4.43. The summed E-state index contributed by atoms with van der Waals surface area (Å²) < 4.78 is 5.67. The molecule has 0 fully saturated rings. The van der Waals surface area contributed by atoms with Crippen molar-refractivity contribution in [1.82, 2.24) is 0 Å². The van der Waals surface area contributed by atoms with Gasteiger partial charge in [-0.25, -0.2) is 0 Å². The first-order valence-electron chi connectivity index (χ1n) is 8.83. The summed E-state index contributed by atoms with van der Waals surface area (Å²) in [5.74, 6) is 0.0717. The van der Waals surface area contributed by atoms with Crippen molar-refractivity contribution in [1.29, 1.82) is 5.26 Å². The fourth-order valence-corrected chi connectivity index (χ4v) is 3.14. The lowest BCUT2D eigenvalue weighted by Gasteiger charge is -2.10. The van der Waals surface area contributed by atoms with Crippen LogP contribution in [-0.2, 0) is 4.79 Å². The number of nitro groups is 1. The van der Waals surface area contributed by atoms with Crippen molar-refractivity contribution >= 4 is 35.0 Å². The molecule has 1 heterocycles. The predicted molar refractivity (Wildman–Crippen MR) is 114 cm³/mol. The average Bonchev–Trinajstić information content (AvgIpc) is 3.17. The average molecular weight is 422 g/mol. The van der Waals surface area contributed by atoms with Crippen LogP contribution >= 0.6 is 11.6 Å². The molecule has 0 bridgehead atoms. The van der Waals surface area contributed by atoms with Gasteiger partial charge >= 0.3 is 0 Å².